The standard InChI is InChI=1S/C10H11ClN4O.C6H4ClN3.C5H8O.CH4O3S/c11-9-8-10(13-5-12-9)15(6-14-8)7-3-1-2-4-16-7;7-6-5-4(1-2-8-5)9-3-10-6;1-2-4-6-5-3-1;1-5(2,3)4/h5-7H,1-4H2;2-3H,1H2;2,4H,1,3,5H2;1H3,(H,2,3,4). The molecule has 0 amide bonds. The highest BCUT2D eigenvalue weighted by molar-refractivity contribution is 7.85. The van der Waals surface area contributed by atoms with Crippen LogP contribution in [-0.2, 0) is 26.0 Å². The van der Waals surface area contributed by atoms with Gasteiger partial charge in [-0.2, -0.15) is 8.42 Å². The number of ether oxygens (including phenoxy) is 2. The summed E-state index contributed by atoms with van der Waals surface area (Å²) >= 11 is 11.6. The summed E-state index contributed by atoms with van der Waals surface area (Å²) in [5.74, 6) is 0. The van der Waals surface area contributed by atoms with Gasteiger partial charge in [0.05, 0.1) is 31.1 Å². The Balaban J connectivity index is 0.000000154. The van der Waals surface area contributed by atoms with E-state index in [0.29, 0.717) is 22.1 Å². The van der Waals surface area contributed by atoms with Crippen molar-refractivity contribution in [2.45, 2.75) is 44.8 Å². The number of fused-ring (bicyclic) bond motifs is 2. The van der Waals surface area contributed by atoms with Crippen LogP contribution in [0, 0.1) is 0 Å². The fraction of sp³-hybridized carbons (Fsp3) is 0.455. The number of imidazole rings is 1. The Kier molecular flexibility index (Phi) is 11.1. The second kappa shape index (κ2) is 14.3. The monoisotopic (exact) mass is 571 g/mol. The van der Waals surface area contributed by atoms with Crippen LogP contribution < -0.4 is 0 Å². The number of aliphatic imine (C=N–C) groups is 1. The van der Waals surface area contributed by atoms with E-state index in [2.05, 4.69) is 29.9 Å². The maximum absolute atomic E-state index is 9.19. The molecule has 0 bridgehead atoms. The average Bonchev–Trinajstić information content (AvgIpc) is 3.55. The van der Waals surface area contributed by atoms with Crippen molar-refractivity contribution in [3.8, 4) is 0 Å². The third kappa shape index (κ3) is 9.59. The summed E-state index contributed by atoms with van der Waals surface area (Å²) in [6.45, 7) is 1.71. The smallest absolute Gasteiger partial charge is 0.261 e. The topological polar surface area (TPSA) is 155 Å². The summed E-state index contributed by atoms with van der Waals surface area (Å²) in [7, 11) is -3.67. The maximum atomic E-state index is 9.19. The predicted octanol–water partition coefficient (Wildman–Crippen LogP) is 4.38. The van der Waals surface area contributed by atoms with Crippen LogP contribution in [0.3, 0.4) is 0 Å². The normalized spacial score (nSPS) is 17.8. The first-order valence-electron chi connectivity index (χ1n) is 11.4. The maximum Gasteiger partial charge on any atom is 0.261 e. The second-order valence-corrected chi connectivity index (χ2v) is 10.1. The Labute approximate surface area is 224 Å². The van der Waals surface area contributed by atoms with Gasteiger partial charge >= 0.3 is 0 Å². The van der Waals surface area contributed by atoms with Crippen LogP contribution >= 0.6 is 23.2 Å². The number of allylic oxidation sites excluding steroid dienone is 1. The van der Waals surface area contributed by atoms with E-state index in [4.69, 9.17) is 37.2 Å². The van der Waals surface area contributed by atoms with Gasteiger partial charge in [-0.15, -0.1) is 0 Å². The summed E-state index contributed by atoms with van der Waals surface area (Å²) in [5.41, 5.74) is 3.02. The highest BCUT2D eigenvalue weighted by atomic mass is 35.5. The van der Waals surface area contributed by atoms with Crippen molar-refractivity contribution in [1.82, 2.24) is 29.5 Å². The largest absolute Gasteiger partial charge is 0.502 e. The van der Waals surface area contributed by atoms with Crippen LogP contribution in [0.4, 0.5) is 5.69 Å². The molecule has 1 atom stereocenters. The minimum Gasteiger partial charge on any atom is -0.502 e. The van der Waals surface area contributed by atoms with Crippen LogP contribution in [0.5, 0.6) is 0 Å². The number of aromatic nitrogens is 6. The third-order valence-corrected chi connectivity index (χ3v) is 5.52. The van der Waals surface area contributed by atoms with Crippen LogP contribution in [-0.4, -0.2) is 68.1 Å². The highest BCUT2D eigenvalue weighted by Gasteiger charge is 2.19. The molecule has 0 aromatic carbocycles. The van der Waals surface area contributed by atoms with Gasteiger partial charge in [-0.05, 0) is 38.2 Å². The average molecular weight is 572 g/mol. The summed E-state index contributed by atoms with van der Waals surface area (Å²) in [6.07, 6.45) is 17.4. The summed E-state index contributed by atoms with van der Waals surface area (Å²) in [5, 5.41) is 0.832. The number of nitrogens with zero attached hydrogens (tertiary/aromatic N) is 7. The van der Waals surface area contributed by atoms with Crippen LogP contribution in [0.15, 0.2) is 36.3 Å². The van der Waals surface area contributed by atoms with Gasteiger partial charge in [-0.25, -0.2) is 24.9 Å². The third-order valence-electron chi connectivity index (χ3n) is 4.96. The fourth-order valence-electron chi connectivity index (χ4n) is 3.36. The highest BCUT2D eigenvalue weighted by Crippen LogP contribution is 2.28. The van der Waals surface area contributed by atoms with Gasteiger partial charge in [0.1, 0.15) is 30.1 Å². The Bertz CT molecular complexity index is 1310. The van der Waals surface area contributed by atoms with Crippen LogP contribution in [0.2, 0.25) is 10.3 Å². The second-order valence-electron chi connectivity index (χ2n) is 7.90. The SMILES string of the molecule is C1=COCCC1.CS(=O)(=O)O.Clc1ncnc2c1N=CC2.Clc1ncnc2c1ncn2C1CCCCO1. The van der Waals surface area contributed by atoms with E-state index in [9.17, 15) is 8.42 Å². The molecule has 6 heterocycles. The van der Waals surface area contributed by atoms with Gasteiger partial charge in [0.15, 0.2) is 16.0 Å². The van der Waals surface area contributed by atoms with Gasteiger partial charge in [0.2, 0.25) is 0 Å². The molecule has 6 rings (SSSR count). The van der Waals surface area contributed by atoms with Gasteiger partial charge in [0.25, 0.3) is 10.1 Å². The Morgan fingerprint density at radius 3 is 2.38 bits per heavy atom. The molecule has 200 valence electrons. The van der Waals surface area contributed by atoms with E-state index in [0.717, 1.165) is 49.5 Å². The van der Waals surface area contributed by atoms with E-state index >= 15 is 0 Å². The van der Waals surface area contributed by atoms with E-state index < -0.39 is 10.1 Å². The Hall–Kier alpha value is -2.71. The quantitative estimate of drug-likeness (QED) is 0.328. The molecule has 0 aliphatic carbocycles. The molecule has 3 aromatic heterocycles. The first kappa shape index (κ1) is 28.9. The number of rotatable bonds is 1. The Morgan fingerprint density at radius 2 is 1.78 bits per heavy atom. The Morgan fingerprint density at radius 1 is 1.03 bits per heavy atom. The zero-order valence-electron chi connectivity index (χ0n) is 20.1. The van der Waals surface area contributed by atoms with Crippen molar-refractivity contribution in [2.75, 3.05) is 19.5 Å². The summed E-state index contributed by atoms with van der Waals surface area (Å²) in [6, 6.07) is 0. The van der Waals surface area contributed by atoms with Crippen molar-refractivity contribution < 1.29 is 22.4 Å². The van der Waals surface area contributed by atoms with Gasteiger partial charge in [-0.3, -0.25) is 14.1 Å². The van der Waals surface area contributed by atoms with Crippen LogP contribution in [0.1, 0.15) is 44.0 Å². The number of hydrogen-bond acceptors (Lipinski definition) is 10. The van der Waals surface area contributed by atoms with Crippen molar-refractivity contribution in [3.63, 3.8) is 0 Å². The van der Waals surface area contributed by atoms with E-state index in [1.807, 2.05) is 10.6 Å². The zero-order valence-corrected chi connectivity index (χ0v) is 22.4. The molecular weight excluding hydrogens is 545 g/mol. The van der Waals surface area contributed by atoms with Gasteiger partial charge in [-0.1, -0.05) is 23.2 Å². The predicted molar refractivity (Wildman–Crippen MR) is 140 cm³/mol. The fourth-order valence-corrected chi connectivity index (χ4v) is 3.74. The molecule has 3 aliphatic heterocycles. The van der Waals surface area contributed by atoms with Gasteiger partial charge in [0, 0.05) is 19.2 Å². The van der Waals surface area contributed by atoms with E-state index in [-0.39, 0.29) is 6.23 Å². The molecule has 0 radical (unpaired) electrons. The minimum atomic E-state index is -3.67. The number of hydrogen-bond donors (Lipinski definition) is 1. The molecule has 1 unspecified atom stereocenters. The molecule has 3 aromatic rings. The summed E-state index contributed by atoms with van der Waals surface area (Å²) < 4.78 is 38.4. The van der Waals surface area contributed by atoms with Gasteiger partial charge < -0.3 is 9.47 Å². The van der Waals surface area contributed by atoms with Crippen molar-refractivity contribution in [1.29, 1.82) is 0 Å². The van der Waals surface area contributed by atoms with E-state index in [1.54, 1.807) is 18.8 Å². The summed E-state index contributed by atoms with van der Waals surface area (Å²) in [4.78, 5) is 24.1. The molecule has 12 nitrogen and oxygen atoms in total. The van der Waals surface area contributed by atoms with Crippen LogP contribution in [0.25, 0.3) is 11.2 Å². The lowest BCUT2D eigenvalue weighted by molar-refractivity contribution is -0.0298. The number of halogens is 2. The zero-order chi connectivity index (χ0) is 26.7. The van der Waals surface area contributed by atoms with Crippen molar-refractivity contribution >= 4 is 56.4 Å². The molecule has 1 saturated heterocycles. The molecule has 3 aliphatic rings. The lowest BCUT2D eigenvalue weighted by Crippen LogP contribution is -2.17. The first-order chi connectivity index (χ1) is 17.7. The van der Waals surface area contributed by atoms with E-state index in [1.165, 1.54) is 31.9 Å². The molecule has 1 N–H and O–H groups in total. The lowest BCUT2D eigenvalue weighted by atomic mass is 10.2. The minimum absolute atomic E-state index is 0.0321. The molecule has 37 heavy (non-hydrogen) atoms. The molecular formula is C22H27Cl2N7O5S. The molecule has 0 saturated carbocycles. The molecule has 0 spiro atoms. The van der Waals surface area contributed by atoms with Crippen molar-refractivity contribution in [3.05, 3.63) is 47.3 Å². The molecule has 15 heteroatoms. The van der Waals surface area contributed by atoms with Crippen molar-refractivity contribution in [2.24, 2.45) is 4.99 Å². The first-order valence-corrected chi connectivity index (χ1v) is 14.0. The lowest BCUT2D eigenvalue weighted by Gasteiger charge is -2.23. The molecule has 1 fully saturated rings.